The third kappa shape index (κ3) is 4.63. The van der Waals surface area contributed by atoms with Gasteiger partial charge in [-0.05, 0) is 59.2 Å². The average molecular weight is 540 g/mol. The van der Waals surface area contributed by atoms with Gasteiger partial charge in [0, 0.05) is 45.4 Å². The Kier molecular flexibility index (Phi) is 6.71. The Labute approximate surface area is 222 Å². The van der Waals surface area contributed by atoms with Crippen LogP contribution in [0.2, 0.25) is 20.2 Å². The molecule has 0 saturated heterocycles. The van der Waals surface area contributed by atoms with Crippen LogP contribution in [0.3, 0.4) is 0 Å². The lowest BCUT2D eigenvalue weighted by Crippen LogP contribution is -2.29. The van der Waals surface area contributed by atoms with E-state index < -0.39 is 5.60 Å². The number of hydrogen-bond donors (Lipinski definition) is 1. The minimum absolute atomic E-state index is 0.326. The summed E-state index contributed by atoms with van der Waals surface area (Å²) in [5.41, 5.74) is 2.55. The molecule has 1 atom stereocenters. The van der Waals surface area contributed by atoms with Crippen molar-refractivity contribution in [1.82, 2.24) is 9.97 Å². The minimum Gasteiger partial charge on any atom is -0.376 e. The molecule has 0 fully saturated rings. The van der Waals surface area contributed by atoms with E-state index in [-0.39, 0.29) is 0 Å². The summed E-state index contributed by atoms with van der Waals surface area (Å²) in [5, 5.41) is 14.8. The summed E-state index contributed by atoms with van der Waals surface area (Å²) in [4.78, 5) is 8.79. The summed E-state index contributed by atoms with van der Waals surface area (Å²) in [7, 11) is 0. The summed E-state index contributed by atoms with van der Waals surface area (Å²) < 4.78 is 0. The summed E-state index contributed by atoms with van der Waals surface area (Å²) in [6, 6.07) is 23.7. The number of fused-ring (bicyclic) bond motifs is 1. The fourth-order valence-electron chi connectivity index (χ4n) is 4.25. The van der Waals surface area contributed by atoms with Crippen LogP contribution < -0.4 is 0 Å². The fourth-order valence-corrected chi connectivity index (χ4v) is 5.26. The summed E-state index contributed by atoms with van der Waals surface area (Å²) in [6.07, 6.45) is 3.76. The minimum atomic E-state index is -1.52. The summed E-state index contributed by atoms with van der Waals surface area (Å²) in [5.74, 6) is 0. The third-order valence-corrected chi connectivity index (χ3v) is 7.19. The van der Waals surface area contributed by atoms with E-state index in [1.165, 1.54) is 0 Å². The lowest BCUT2D eigenvalue weighted by molar-refractivity contribution is 0.125. The van der Waals surface area contributed by atoms with Crippen LogP contribution in [0.1, 0.15) is 27.8 Å². The molecule has 5 rings (SSSR count). The Morgan fingerprint density at radius 1 is 0.743 bits per heavy atom. The zero-order valence-corrected chi connectivity index (χ0v) is 21.2. The van der Waals surface area contributed by atoms with Gasteiger partial charge in [0.05, 0.1) is 10.5 Å². The second-order valence-electron chi connectivity index (χ2n) is 8.20. The summed E-state index contributed by atoms with van der Waals surface area (Å²) in [6.45, 7) is 0. The highest BCUT2D eigenvalue weighted by molar-refractivity contribution is 6.39. The van der Waals surface area contributed by atoms with Crippen molar-refractivity contribution in [3.63, 3.8) is 0 Å². The molecule has 1 N–H and O–H groups in total. The molecule has 7 heteroatoms. The van der Waals surface area contributed by atoms with Crippen LogP contribution in [0.5, 0.6) is 0 Å². The van der Waals surface area contributed by atoms with Gasteiger partial charge in [0.15, 0.2) is 0 Å². The predicted octanol–water partition coefficient (Wildman–Crippen LogP) is 8.12. The molecule has 5 aromatic rings. The first-order valence-electron chi connectivity index (χ1n) is 10.8. The maximum Gasteiger partial charge on any atom is 0.142 e. The van der Waals surface area contributed by atoms with Crippen molar-refractivity contribution in [2.75, 3.05) is 0 Å². The first-order chi connectivity index (χ1) is 16.9. The molecule has 174 valence electrons. The smallest absolute Gasteiger partial charge is 0.142 e. The van der Waals surface area contributed by atoms with Gasteiger partial charge in [-0.25, -0.2) is 4.98 Å². The van der Waals surface area contributed by atoms with Gasteiger partial charge in [0.1, 0.15) is 10.8 Å². The molecule has 35 heavy (non-hydrogen) atoms. The van der Waals surface area contributed by atoms with Crippen LogP contribution in [-0.4, -0.2) is 15.1 Å². The quantitative estimate of drug-likeness (QED) is 0.229. The molecule has 3 nitrogen and oxygen atoms in total. The number of hydrogen-bond acceptors (Lipinski definition) is 3. The van der Waals surface area contributed by atoms with Crippen molar-refractivity contribution in [2.45, 2.75) is 12.0 Å². The predicted molar refractivity (Wildman–Crippen MR) is 144 cm³/mol. The molecule has 0 aliphatic carbocycles. The number of benzene rings is 3. The molecule has 0 aliphatic rings. The molecule has 0 saturated carbocycles. The molecule has 0 bridgehead atoms. The van der Waals surface area contributed by atoms with Crippen molar-refractivity contribution < 1.29 is 5.11 Å². The SMILES string of the molecule is OC(c1cccnc1)(c1cccc(Cl)c1)c1ccc2nc(Cl)c(Cc3cccc(Cl)c3)c(Cl)c2c1. The van der Waals surface area contributed by atoms with Crippen LogP contribution >= 0.6 is 46.4 Å². The van der Waals surface area contributed by atoms with E-state index in [1.807, 2.05) is 48.5 Å². The Balaban J connectivity index is 1.70. The van der Waals surface area contributed by atoms with Crippen molar-refractivity contribution in [2.24, 2.45) is 0 Å². The highest BCUT2D eigenvalue weighted by Crippen LogP contribution is 2.40. The maximum atomic E-state index is 12.2. The van der Waals surface area contributed by atoms with Gasteiger partial charge in [-0.15, -0.1) is 0 Å². The van der Waals surface area contributed by atoms with Crippen LogP contribution in [0.25, 0.3) is 10.9 Å². The molecule has 0 amide bonds. The van der Waals surface area contributed by atoms with Crippen LogP contribution in [0.4, 0.5) is 0 Å². The van der Waals surface area contributed by atoms with Crippen molar-refractivity contribution in [3.8, 4) is 0 Å². The zero-order valence-electron chi connectivity index (χ0n) is 18.2. The molecule has 0 spiro atoms. The Morgan fingerprint density at radius 2 is 1.46 bits per heavy atom. The molecule has 2 heterocycles. The second kappa shape index (κ2) is 9.77. The van der Waals surface area contributed by atoms with Gasteiger partial charge < -0.3 is 5.11 Å². The number of halogens is 4. The average Bonchev–Trinajstić information content (AvgIpc) is 2.86. The summed E-state index contributed by atoms with van der Waals surface area (Å²) >= 11 is 25.9. The Bertz CT molecular complexity index is 1540. The van der Waals surface area contributed by atoms with Gasteiger partial charge in [-0.3, -0.25) is 4.98 Å². The van der Waals surface area contributed by atoms with Crippen LogP contribution in [0.15, 0.2) is 91.3 Å². The highest BCUT2D eigenvalue weighted by Gasteiger charge is 2.35. The van der Waals surface area contributed by atoms with Crippen molar-refractivity contribution in [1.29, 1.82) is 0 Å². The first kappa shape index (κ1) is 24.1. The topological polar surface area (TPSA) is 46.0 Å². The lowest BCUT2D eigenvalue weighted by Gasteiger charge is -2.30. The van der Waals surface area contributed by atoms with E-state index in [2.05, 4.69) is 9.97 Å². The van der Waals surface area contributed by atoms with Gasteiger partial charge in [-0.1, -0.05) is 82.8 Å². The normalized spacial score (nSPS) is 13.1. The number of rotatable bonds is 5. The van der Waals surface area contributed by atoms with E-state index >= 15 is 0 Å². The zero-order chi connectivity index (χ0) is 24.6. The van der Waals surface area contributed by atoms with Gasteiger partial charge in [0.2, 0.25) is 0 Å². The standard InChI is InChI=1S/C28H18Cl4N2O/c29-21-7-1-4-17(12-21)13-24-26(31)23-15-19(9-10-25(23)34-27(24)32)28(35,20-6-3-11-33-16-20)18-5-2-8-22(30)14-18/h1-12,14-16,35H,13H2. The van der Waals surface area contributed by atoms with E-state index in [1.54, 1.807) is 42.7 Å². The third-order valence-electron chi connectivity index (χ3n) is 5.98. The number of aliphatic hydroxyl groups is 1. The molecular weight excluding hydrogens is 522 g/mol. The lowest BCUT2D eigenvalue weighted by atomic mass is 9.80. The van der Waals surface area contributed by atoms with Gasteiger partial charge in [-0.2, -0.15) is 0 Å². The molecule has 3 aromatic carbocycles. The molecule has 0 aliphatic heterocycles. The molecular formula is C28H18Cl4N2O. The van der Waals surface area contributed by atoms with E-state index in [0.29, 0.717) is 59.8 Å². The van der Waals surface area contributed by atoms with Crippen molar-refractivity contribution >= 4 is 57.3 Å². The number of aromatic nitrogens is 2. The largest absolute Gasteiger partial charge is 0.376 e. The van der Waals surface area contributed by atoms with Crippen LogP contribution in [-0.2, 0) is 12.0 Å². The van der Waals surface area contributed by atoms with Crippen LogP contribution in [0, 0.1) is 0 Å². The Morgan fingerprint density at radius 3 is 2.17 bits per heavy atom. The first-order valence-corrected chi connectivity index (χ1v) is 12.3. The highest BCUT2D eigenvalue weighted by atomic mass is 35.5. The van der Waals surface area contributed by atoms with Gasteiger partial charge in [0.25, 0.3) is 0 Å². The Hall–Kier alpha value is -2.66. The van der Waals surface area contributed by atoms with E-state index in [9.17, 15) is 5.11 Å². The van der Waals surface area contributed by atoms with E-state index in [0.717, 1.165) is 5.56 Å². The van der Waals surface area contributed by atoms with E-state index in [4.69, 9.17) is 46.4 Å². The van der Waals surface area contributed by atoms with Gasteiger partial charge >= 0.3 is 0 Å². The molecule has 0 radical (unpaired) electrons. The number of nitrogens with zero attached hydrogens (tertiary/aromatic N) is 2. The molecule has 1 unspecified atom stereocenters. The number of pyridine rings is 2. The second-order valence-corrected chi connectivity index (χ2v) is 9.81. The maximum absolute atomic E-state index is 12.2. The fraction of sp³-hybridized carbons (Fsp3) is 0.0714. The monoisotopic (exact) mass is 538 g/mol. The molecule has 2 aromatic heterocycles. The van der Waals surface area contributed by atoms with Crippen molar-refractivity contribution in [3.05, 3.63) is 139 Å².